The number of nitrogens with zero attached hydrogens (tertiary/aromatic N) is 5. The van der Waals surface area contributed by atoms with Crippen molar-refractivity contribution >= 4 is 16.9 Å². The molecule has 1 unspecified atom stereocenters. The maximum absolute atomic E-state index is 14.3. The van der Waals surface area contributed by atoms with E-state index in [2.05, 4.69) is 79.2 Å². The van der Waals surface area contributed by atoms with E-state index in [4.69, 9.17) is 10.1 Å². The monoisotopic (exact) mass is 523 g/mol. The number of imidazole rings is 2. The lowest BCUT2D eigenvalue weighted by Crippen LogP contribution is -2.20. The number of hydrogen-bond donors (Lipinski definition) is 2. The first-order valence-corrected chi connectivity index (χ1v) is 13.6. The van der Waals surface area contributed by atoms with Gasteiger partial charge in [-0.1, -0.05) is 50.3 Å². The molecule has 7 nitrogen and oxygen atoms in total. The fourth-order valence-electron chi connectivity index (χ4n) is 5.67. The highest BCUT2D eigenvalue weighted by Gasteiger charge is 2.32. The lowest BCUT2D eigenvalue weighted by molar-refractivity contribution is 0.328. The number of rotatable bonds is 9. The van der Waals surface area contributed by atoms with Crippen molar-refractivity contribution in [2.45, 2.75) is 65.2 Å². The third kappa shape index (κ3) is 4.64. The van der Waals surface area contributed by atoms with E-state index in [1.54, 1.807) is 18.7 Å². The topological polar surface area (TPSA) is 76.3 Å². The first-order chi connectivity index (χ1) is 18.9. The summed E-state index contributed by atoms with van der Waals surface area (Å²) in [5.74, 6) is 0.581. The zero-order valence-electron chi connectivity index (χ0n) is 22.7. The van der Waals surface area contributed by atoms with Crippen molar-refractivity contribution in [3.63, 3.8) is 0 Å². The smallest absolute Gasteiger partial charge is 0.204 e. The largest absolute Gasteiger partial charge is 0.331 e. The van der Waals surface area contributed by atoms with Crippen LogP contribution in [-0.2, 0) is 19.4 Å². The van der Waals surface area contributed by atoms with Crippen molar-refractivity contribution in [2.24, 2.45) is 0 Å². The number of unbranched alkanes of at least 4 members (excludes halogenated alkanes) is 1. The second-order valence-electron chi connectivity index (χ2n) is 10.6. The highest BCUT2D eigenvalue weighted by molar-refractivity contribution is 5.91. The SMILES string of the molecule is C=C(Nc1ncc[nH]1)C(c1ncn2c1C[C@@H](F)C2)n1cc2c(C)cc(-c3ccc(CCCC)cc3)c(C)c2n1. The minimum Gasteiger partial charge on any atom is -0.331 e. The maximum atomic E-state index is 14.3. The standard InChI is InChI=1S/C31H34FN7/c1-5-6-7-22-8-10-23(11-9-22)25-14-19(2)26-17-39(37-28(26)20(25)3)30(21(4)36-31-33-12-13-34-31)29-27-15-24(32)16-38(27)18-35-29/h8-14,17-18,24,30H,4-7,15-16H2,1-3H3,(H2,33,34,36)/t24-,30?/m1/s1. The molecule has 3 aromatic heterocycles. The Bertz CT molecular complexity index is 1630. The van der Waals surface area contributed by atoms with E-state index >= 15 is 0 Å². The molecule has 1 aliphatic rings. The minimum absolute atomic E-state index is 0.326. The summed E-state index contributed by atoms with van der Waals surface area (Å²) in [6, 6.07) is 10.7. The quantitative estimate of drug-likeness (QED) is 0.226. The van der Waals surface area contributed by atoms with Crippen LogP contribution >= 0.6 is 0 Å². The molecular formula is C31H34FN7. The van der Waals surface area contributed by atoms with Crippen LogP contribution in [0.25, 0.3) is 22.0 Å². The zero-order valence-corrected chi connectivity index (χ0v) is 22.7. The lowest BCUT2D eigenvalue weighted by atomic mass is 9.94. The van der Waals surface area contributed by atoms with Crippen LogP contribution in [0, 0.1) is 13.8 Å². The Kier molecular flexibility index (Phi) is 6.54. The molecule has 39 heavy (non-hydrogen) atoms. The molecule has 0 bridgehead atoms. The Morgan fingerprint density at radius 2 is 2.05 bits per heavy atom. The summed E-state index contributed by atoms with van der Waals surface area (Å²) in [7, 11) is 0. The Balaban J connectivity index is 1.42. The second kappa shape index (κ2) is 10.2. The molecule has 0 saturated heterocycles. The summed E-state index contributed by atoms with van der Waals surface area (Å²) in [5.41, 5.74) is 9.24. The Labute approximate surface area is 227 Å². The van der Waals surface area contributed by atoms with Gasteiger partial charge in [-0.15, -0.1) is 0 Å². The summed E-state index contributed by atoms with van der Waals surface area (Å²) in [4.78, 5) is 12.1. The van der Waals surface area contributed by atoms with Gasteiger partial charge in [0.25, 0.3) is 0 Å². The third-order valence-electron chi connectivity index (χ3n) is 7.78. The van der Waals surface area contributed by atoms with Gasteiger partial charge in [0.05, 0.1) is 24.1 Å². The Morgan fingerprint density at radius 3 is 2.79 bits per heavy atom. The van der Waals surface area contributed by atoms with Gasteiger partial charge in [-0.2, -0.15) is 5.10 Å². The molecule has 0 amide bonds. The molecule has 0 spiro atoms. The van der Waals surface area contributed by atoms with Gasteiger partial charge in [-0.25, -0.2) is 14.4 Å². The summed E-state index contributed by atoms with van der Waals surface area (Å²) < 4.78 is 18.2. The number of aromatic nitrogens is 6. The summed E-state index contributed by atoms with van der Waals surface area (Å²) in [6.07, 6.45) is 10.1. The van der Waals surface area contributed by atoms with Gasteiger partial charge in [-0.3, -0.25) is 4.68 Å². The molecule has 8 heteroatoms. The van der Waals surface area contributed by atoms with Crippen LogP contribution < -0.4 is 5.32 Å². The van der Waals surface area contributed by atoms with Crippen LogP contribution in [-0.4, -0.2) is 35.5 Å². The second-order valence-corrected chi connectivity index (χ2v) is 10.6. The third-order valence-corrected chi connectivity index (χ3v) is 7.78. The van der Waals surface area contributed by atoms with Crippen molar-refractivity contribution in [1.29, 1.82) is 0 Å². The van der Waals surface area contributed by atoms with Gasteiger partial charge in [0.2, 0.25) is 5.95 Å². The van der Waals surface area contributed by atoms with Gasteiger partial charge < -0.3 is 14.9 Å². The molecule has 1 aliphatic heterocycles. The van der Waals surface area contributed by atoms with Crippen molar-refractivity contribution in [2.75, 3.05) is 5.32 Å². The summed E-state index contributed by atoms with van der Waals surface area (Å²) >= 11 is 0. The van der Waals surface area contributed by atoms with E-state index in [0.29, 0.717) is 24.6 Å². The number of aromatic amines is 1. The molecule has 0 aliphatic carbocycles. The number of fused-ring (bicyclic) bond motifs is 2. The van der Waals surface area contributed by atoms with Crippen molar-refractivity contribution in [3.05, 3.63) is 95.6 Å². The molecule has 0 radical (unpaired) electrons. The molecule has 5 aromatic rings. The number of alkyl halides is 1. The van der Waals surface area contributed by atoms with Crippen LogP contribution in [0.2, 0.25) is 0 Å². The van der Waals surface area contributed by atoms with Crippen LogP contribution in [0.15, 0.2) is 67.5 Å². The highest BCUT2D eigenvalue weighted by Crippen LogP contribution is 2.36. The van der Waals surface area contributed by atoms with Crippen LogP contribution in [0.5, 0.6) is 0 Å². The van der Waals surface area contributed by atoms with Crippen molar-refractivity contribution in [1.82, 2.24) is 29.3 Å². The molecular weight excluding hydrogens is 489 g/mol. The molecule has 6 rings (SSSR count). The Morgan fingerprint density at radius 1 is 1.23 bits per heavy atom. The molecule has 4 heterocycles. The predicted molar refractivity (Wildman–Crippen MR) is 154 cm³/mol. The first kappa shape index (κ1) is 25.1. The van der Waals surface area contributed by atoms with Gasteiger partial charge in [0.1, 0.15) is 12.2 Å². The Hall–Kier alpha value is -4.20. The number of hydrogen-bond acceptors (Lipinski definition) is 4. The van der Waals surface area contributed by atoms with Gasteiger partial charge >= 0.3 is 0 Å². The van der Waals surface area contributed by atoms with Crippen molar-refractivity contribution in [3.8, 4) is 11.1 Å². The van der Waals surface area contributed by atoms with E-state index in [1.165, 1.54) is 29.5 Å². The molecule has 2 aromatic carbocycles. The predicted octanol–water partition coefficient (Wildman–Crippen LogP) is 6.69. The fourth-order valence-corrected chi connectivity index (χ4v) is 5.67. The van der Waals surface area contributed by atoms with Gasteiger partial charge in [-0.05, 0) is 54.5 Å². The highest BCUT2D eigenvalue weighted by atomic mass is 19.1. The zero-order chi connectivity index (χ0) is 27.1. The molecule has 2 atom stereocenters. The van der Waals surface area contributed by atoms with Crippen LogP contribution in [0.1, 0.15) is 53.9 Å². The normalized spacial score (nSPS) is 15.5. The average Bonchev–Trinajstić information content (AvgIpc) is 3.72. The van der Waals surface area contributed by atoms with Crippen LogP contribution in [0.4, 0.5) is 10.3 Å². The van der Waals surface area contributed by atoms with Crippen molar-refractivity contribution < 1.29 is 4.39 Å². The number of aryl methyl sites for hydroxylation is 3. The van der Waals surface area contributed by atoms with E-state index in [1.807, 2.05) is 9.25 Å². The molecule has 0 fully saturated rings. The number of benzene rings is 2. The average molecular weight is 524 g/mol. The van der Waals surface area contributed by atoms with Gasteiger partial charge in [0, 0.05) is 41.8 Å². The van der Waals surface area contributed by atoms with E-state index in [9.17, 15) is 4.39 Å². The first-order valence-electron chi connectivity index (χ1n) is 13.6. The number of nitrogens with one attached hydrogen (secondary N) is 2. The molecule has 2 N–H and O–H groups in total. The van der Waals surface area contributed by atoms with E-state index < -0.39 is 12.2 Å². The fraction of sp³-hybridized carbons (Fsp3) is 0.323. The lowest BCUT2D eigenvalue weighted by Gasteiger charge is -2.20. The number of allylic oxidation sites excluding steroid dienone is 1. The van der Waals surface area contributed by atoms with Gasteiger partial charge in [0.15, 0.2) is 0 Å². The maximum Gasteiger partial charge on any atom is 0.204 e. The number of H-pyrrole nitrogens is 1. The van der Waals surface area contributed by atoms with E-state index in [-0.39, 0.29) is 0 Å². The number of anilines is 1. The number of halogens is 1. The summed E-state index contributed by atoms with van der Waals surface area (Å²) in [6.45, 7) is 11.1. The van der Waals surface area contributed by atoms with E-state index in [0.717, 1.165) is 39.8 Å². The minimum atomic E-state index is -0.911. The molecule has 0 saturated carbocycles. The molecule has 200 valence electrons. The van der Waals surface area contributed by atoms with Crippen LogP contribution in [0.3, 0.4) is 0 Å². The summed E-state index contributed by atoms with van der Waals surface area (Å²) in [5, 5.41) is 9.46.